The van der Waals surface area contributed by atoms with E-state index in [1.165, 1.54) is 30.3 Å². The zero-order valence-electron chi connectivity index (χ0n) is 15.6. The monoisotopic (exact) mass is 497 g/mol. The minimum Gasteiger partial charge on any atom is -0.278 e. The van der Waals surface area contributed by atoms with Crippen molar-refractivity contribution in [3.8, 4) is 0 Å². The first-order chi connectivity index (χ1) is 14.7. The van der Waals surface area contributed by atoms with E-state index < -0.39 is 26.0 Å². The molecule has 0 fully saturated rings. The predicted molar refractivity (Wildman–Crippen MR) is 122 cm³/mol. The lowest BCUT2D eigenvalue weighted by Gasteiger charge is -2.12. The van der Waals surface area contributed by atoms with E-state index in [0.29, 0.717) is 10.6 Å². The molecule has 1 heterocycles. The number of para-hydroxylation sites is 1. The molecule has 0 atom stereocenters. The normalized spacial score (nSPS) is 12.0. The number of benzene rings is 2. The second kappa shape index (κ2) is 9.62. The van der Waals surface area contributed by atoms with Crippen molar-refractivity contribution in [2.24, 2.45) is 0 Å². The standard InChI is InChI=1S/C19H16ClN3O5S3/c20-15-9-7-14(8-10-15)11-13-30(25,26)23-21-19(24)16-4-1-2-5-17(16)22-31(27,28)18-6-3-12-29-18/h1-13,22-23H,(H,21,24)/b13-11+. The molecule has 0 aliphatic carbocycles. The highest BCUT2D eigenvalue weighted by atomic mass is 35.5. The number of halogens is 1. The maximum atomic E-state index is 12.5. The van der Waals surface area contributed by atoms with E-state index in [2.05, 4.69) is 10.1 Å². The van der Waals surface area contributed by atoms with Gasteiger partial charge in [-0.2, -0.15) is 0 Å². The van der Waals surface area contributed by atoms with E-state index in [0.717, 1.165) is 16.7 Å². The number of hydrogen-bond acceptors (Lipinski definition) is 6. The number of amides is 1. The highest BCUT2D eigenvalue weighted by Crippen LogP contribution is 2.22. The highest BCUT2D eigenvalue weighted by molar-refractivity contribution is 7.94. The van der Waals surface area contributed by atoms with Crippen molar-refractivity contribution in [3.05, 3.63) is 87.6 Å². The van der Waals surface area contributed by atoms with Crippen molar-refractivity contribution in [1.82, 2.24) is 10.3 Å². The van der Waals surface area contributed by atoms with Crippen molar-refractivity contribution in [3.63, 3.8) is 0 Å². The Kier molecular flexibility index (Phi) is 7.13. The number of rotatable bonds is 8. The Labute approximate surface area is 188 Å². The fraction of sp³-hybridized carbons (Fsp3) is 0. The van der Waals surface area contributed by atoms with Crippen LogP contribution in [0.1, 0.15) is 15.9 Å². The van der Waals surface area contributed by atoms with E-state index >= 15 is 0 Å². The Balaban J connectivity index is 1.70. The molecule has 162 valence electrons. The molecule has 1 aromatic heterocycles. The number of nitrogens with one attached hydrogen (secondary N) is 3. The van der Waals surface area contributed by atoms with Gasteiger partial charge in [-0.25, -0.2) is 16.8 Å². The predicted octanol–water partition coefficient (Wildman–Crippen LogP) is 3.44. The quantitative estimate of drug-likeness (QED) is 0.411. The third kappa shape index (κ3) is 6.39. The molecule has 1 amide bonds. The molecule has 0 saturated heterocycles. The number of anilines is 1. The van der Waals surface area contributed by atoms with Crippen LogP contribution in [0.3, 0.4) is 0 Å². The molecule has 0 radical (unpaired) electrons. The maximum absolute atomic E-state index is 12.5. The zero-order chi connectivity index (χ0) is 22.5. The smallest absolute Gasteiger partial charge is 0.271 e. The molecule has 0 unspecified atom stereocenters. The number of hydrogen-bond donors (Lipinski definition) is 3. The average Bonchev–Trinajstić information content (AvgIpc) is 3.28. The van der Waals surface area contributed by atoms with Crippen molar-refractivity contribution >= 4 is 60.7 Å². The van der Waals surface area contributed by atoms with Crippen LogP contribution in [0.25, 0.3) is 6.08 Å². The molecule has 0 saturated carbocycles. The summed E-state index contributed by atoms with van der Waals surface area (Å²) in [4.78, 5) is 14.4. The summed E-state index contributed by atoms with van der Waals surface area (Å²) < 4.78 is 51.5. The van der Waals surface area contributed by atoms with Crippen molar-refractivity contribution < 1.29 is 21.6 Å². The van der Waals surface area contributed by atoms with E-state index in [1.807, 2.05) is 4.83 Å². The van der Waals surface area contributed by atoms with Crippen molar-refractivity contribution in [2.75, 3.05) is 4.72 Å². The van der Waals surface area contributed by atoms with Crippen LogP contribution >= 0.6 is 22.9 Å². The van der Waals surface area contributed by atoms with Crippen LogP contribution in [0, 0.1) is 0 Å². The van der Waals surface area contributed by atoms with Crippen molar-refractivity contribution in [2.45, 2.75) is 4.21 Å². The fourth-order valence-corrected chi connectivity index (χ4v) is 5.18. The van der Waals surface area contributed by atoms with Crippen LogP contribution in [0.5, 0.6) is 0 Å². The molecular formula is C19H16ClN3O5S3. The molecule has 12 heteroatoms. The van der Waals surface area contributed by atoms with E-state index in [4.69, 9.17) is 11.6 Å². The van der Waals surface area contributed by atoms with Gasteiger partial charge in [-0.3, -0.25) is 14.9 Å². The molecule has 2 aromatic carbocycles. The highest BCUT2D eigenvalue weighted by Gasteiger charge is 2.20. The van der Waals surface area contributed by atoms with Crippen molar-refractivity contribution in [1.29, 1.82) is 0 Å². The zero-order valence-corrected chi connectivity index (χ0v) is 18.9. The number of carbonyl (C=O) groups excluding carboxylic acids is 1. The maximum Gasteiger partial charge on any atom is 0.271 e. The minimum absolute atomic E-state index is 0.00399. The van der Waals surface area contributed by atoms with Gasteiger partial charge in [0.1, 0.15) is 4.21 Å². The third-order valence-electron chi connectivity index (χ3n) is 3.79. The van der Waals surface area contributed by atoms with Gasteiger partial charge in [0.25, 0.3) is 26.0 Å². The largest absolute Gasteiger partial charge is 0.278 e. The Morgan fingerprint density at radius 1 is 0.935 bits per heavy atom. The molecule has 0 spiro atoms. The van der Waals surface area contributed by atoms with E-state index in [9.17, 15) is 21.6 Å². The number of sulfonamides is 2. The van der Waals surface area contributed by atoms with Crippen LogP contribution in [-0.2, 0) is 20.0 Å². The van der Waals surface area contributed by atoms with Gasteiger partial charge >= 0.3 is 0 Å². The number of hydrazine groups is 1. The van der Waals surface area contributed by atoms with Gasteiger partial charge in [0, 0.05) is 10.4 Å². The van der Waals surface area contributed by atoms with Gasteiger partial charge in [0.15, 0.2) is 0 Å². The first-order valence-electron chi connectivity index (χ1n) is 8.57. The molecule has 0 bridgehead atoms. The first-order valence-corrected chi connectivity index (χ1v) is 12.9. The number of carbonyl (C=O) groups is 1. The van der Waals surface area contributed by atoms with Gasteiger partial charge in [0.05, 0.1) is 11.3 Å². The fourth-order valence-electron chi connectivity index (χ4n) is 2.34. The summed E-state index contributed by atoms with van der Waals surface area (Å²) in [5.41, 5.74) is 2.60. The Morgan fingerprint density at radius 2 is 1.65 bits per heavy atom. The summed E-state index contributed by atoms with van der Waals surface area (Å²) in [7, 11) is -7.89. The number of thiophene rings is 1. The van der Waals surface area contributed by atoms with Gasteiger partial charge in [0.2, 0.25) is 0 Å². The minimum atomic E-state index is -4.01. The summed E-state index contributed by atoms with van der Waals surface area (Å²) in [6.07, 6.45) is 1.33. The van der Waals surface area contributed by atoms with E-state index in [-0.39, 0.29) is 15.5 Å². The van der Waals surface area contributed by atoms with Crippen LogP contribution < -0.4 is 15.0 Å². The van der Waals surface area contributed by atoms with Crippen LogP contribution in [0.4, 0.5) is 5.69 Å². The molecule has 8 nitrogen and oxygen atoms in total. The molecule has 3 rings (SSSR count). The lowest BCUT2D eigenvalue weighted by molar-refractivity contribution is 0.0946. The van der Waals surface area contributed by atoms with Gasteiger partial charge < -0.3 is 0 Å². The Morgan fingerprint density at radius 3 is 2.32 bits per heavy atom. The summed E-state index contributed by atoms with van der Waals surface area (Å²) in [6.45, 7) is 0. The first kappa shape index (κ1) is 23.0. The second-order valence-corrected chi connectivity index (χ2v) is 10.9. The molecular weight excluding hydrogens is 482 g/mol. The lowest BCUT2D eigenvalue weighted by atomic mass is 10.2. The topological polar surface area (TPSA) is 121 Å². The third-order valence-corrected chi connectivity index (χ3v) is 7.69. The van der Waals surface area contributed by atoms with Gasteiger partial charge in [-0.15, -0.1) is 16.2 Å². The summed E-state index contributed by atoms with van der Waals surface area (Å²) in [6, 6.07) is 15.3. The van der Waals surface area contributed by atoms with Crippen LogP contribution in [-0.4, -0.2) is 22.7 Å². The lowest BCUT2D eigenvalue weighted by Crippen LogP contribution is -2.40. The summed E-state index contributed by atoms with van der Waals surface area (Å²) in [5.74, 6) is -0.840. The Hall–Kier alpha value is -2.70. The molecule has 0 aliphatic heterocycles. The van der Waals surface area contributed by atoms with Gasteiger partial charge in [-0.1, -0.05) is 41.9 Å². The molecule has 3 N–H and O–H groups in total. The van der Waals surface area contributed by atoms with Crippen LogP contribution in [0.15, 0.2) is 75.7 Å². The SMILES string of the molecule is O=C(NNS(=O)(=O)/C=C/c1ccc(Cl)cc1)c1ccccc1NS(=O)(=O)c1cccs1. The molecule has 31 heavy (non-hydrogen) atoms. The summed E-state index contributed by atoms with van der Waals surface area (Å²) in [5, 5.41) is 3.00. The average molecular weight is 498 g/mol. The van der Waals surface area contributed by atoms with Gasteiger partial charge in [-0.05, 0) is 47.4 Å². The Bertz CT molecular complexity index is 1300. The molecule has 3 aromatic rings. The second-order valence-electron chi connectivity index (χ2n) is 6.04. The van der Waals surface area contributed by atoms with E-state index in [1.54, 1.807) is 41.8 Å². The van der Waals surface area contributed by atoms with Crippen LogP contribution in [0.2, 0.25) is 5.02 Å². The summed E-state index contributed by atoms with van der Waals surface area (Å²) >= 11 is 6.81. The molecule has 0 aliphatic rings.